The predicted octanol–water partition coefficient (Wildman–Crippen LogP) is 4.94. The Balaban J connectivity index is 1.64. The first kappa shape index (κ1) is 15.1. The Labute approximate surface area is 143 Å². The van der Waals surface area contributed by atoms with E-state index in [1.54, 1.807) is 6.33 Å². The number of rotatable bonds is 4. The molecule has 0 saturated heterocycles. The van der Waals surface area contributed by atoms with Crippen LogP contribution in [-0.4, -0.2) is 16.5 Å². The third-order valence-electron chi connectivity index (χ3n) is 5.33. The van der Waals surface area contributed by atoms with E-state index in [2.05, 4.69) is 51.7 Å². The molecule has 24 heavy (non-hydrogen) atoms. The second-order valence-corrected chi connectivity index (χ2v) is 6.80. The van der Waals surface area contributed by atoms with Crippen molar-refractivity contribution < 1.29 is 0 Å². The summed E-state index contributed by atoms with van der Waals surface area (Å²) < 4.78 is 0. The maximum absolute atomic E-state index is 4.49. The summed E-state index contributed by atoms with van der Waals surface area (Å²) in [5.74, 6) is 0.946. The highest BCUT2D eigenvalue weighted by atomic mass is 15.0. The van der Waals surface area contributed by atoms with Crippen LogP contribution in [0.25, 0.3) is 10.9 Å². The topological polar surface area (TPSA) is 37.8 Å². The molecule has 3 aromatic rings. The van der Waals surface area contributed by atoms with Gasteiger partial charge in [0.15, 0.2) is 0 Å². The van der Waals surface area contributed by atoms with E-state index in [0.717, 1.165) is 23.3 Å². The van der Waals surface area contributed by atoms with Crippen molar-refractivity contribution in [3.63, 3.8) is 0 Å². The molecule has 3 nitrogen and oxygen atoms in total. The van der Waals surface area contributed by atoms with Crippen LogP contribution in [0, 0.1) is 0 Å². The van der Waals surface area contributed by atoms with E-state index >= 15 is 0 Å². The monoisotopic (exact) mass is 317 g/mol. The molecule has 0 aliphatic heterocycles. The summed E-state index contributed by atoms with van der Waals surface area (Å²) in [7, 11) is 0. The van der Waals surface area contributed by atoms with Crippen molar-refractivity contribution in [3.05, 3.63) is 66.5 Å². The molecule has 0 atom stereocenters. The lowest BCUT2D eigenvalue weighted by Crippen LogP contribution is -2.36. The van der Waals surface area contributed by atoms with E-state index in [4.69, 9.17) is 0 Å². The van der Waals surface area contributed by atoms with E-state index in [1.165, 1.54) is 37.7 Å². The van der Waals surface area contributed by atoms with Crippen LogP contribution in [0.3, 0.4) is 0 Å². The van der Waals surface area contributed by atoms with Crippen molar-refractivity contribution in [1.82, 2.24) is 9.97 Å². The number of hydrogen-bond donors (Lipinski definition) is 1. The highest BCUT2D eigenvalue weighted by molar-refractivity contribution is 5.88. The molecular formula is C21H23N3. The Bertz CT molecular complexity index is 802. The summed E-state index contributed by atoms with van der Waals surface area (Å²) in [5, 5.41) is 4.74. The second kappa shape index (κ2) is 6.60. The Hall–Kier alpha value is -2.42. The fraction of sp³-hybridized carbons (Fsp3) is 0.333. The summed E-state index contributed by atoms with van der Waals surface area (Å²) in [6.45, 7) is 0.929. The summed E-state index contributed by atoms with van der Waals surface area (Å²) >= 11 is 0. The zero-order valence-corrected chi connectivity index (χ0v) is 13.9. The molecule has 1 N–H and O–H groups in total. The molecule has 3 heteroatoms. The summed E-state index contributed by atoms with van der Waals surface area (Å²) in [5.41, 5.74) is 2.66. The van der Waals surface area contributed by atoms with Crippen LogP contribution in [0.5, 0.6) is 0 Å². The number of anilines is 1. The first-order chi connectivity index (χ1) is 11.9. The van der Waals surface area contributed by atoms with Crippen LogP contribution in [0.15, 0.2) is 60.9 Å². The molecule has 122 valence electrons. The molecule has 4 rings (SSSR count). The van der Waals surface area contributed by atoms with Gasteiger partial charge in [-0.15, -0.1) is 0 Å². The lowest BCUT2D eigenvalue weighted by Gasteiger charge is -2.38. The second-order valence-electron chi connectivity index (χ2n) is 6.80. The highest BCUT2D eigenvalue weighted by Crippen LogP contribution is 2.39. The van der Waals surface area contributed by atoms with Gasteiger partial charge in [-0.25, -0.2) is 9.97 Å². The SMILES string of the molecule is c1ccc(C2(CNc3ncnc4ccccc34)CCCCC2)cc1. The number of para-hydroxylation sites is 1. The van der Waals surface area contributed by atoms with E-state index in [-0.39, 0.29) is 5.41 Å². The Morgan fingerprint density at radius 1 is 0.833 bits per heavy atom. The van der Waals surface area contributed by atoms with E-state index in [9.17, 15) is 0 Å². The average molecular weight is 317 g/mol. The van der Waals surface area contributed by atoms with Gasteiger partial charge in [0.1, 0.15) is 12.1 Å². The zero-order chi connectivity index (χ0) is 16.2. The molecule has 0 bridgehead atoms. The summed E-state index contributed by atoms with van der Waals surface area (Å²) in [4.78, 5) is 8.85. The number of nitrogens with one attached hydrogen (secondary N) is 1. The molecule has 1 heterocycles. The van der Waals surface area contributed by atoms with Crippen LogP contribution in [0.2, 0.25) is 0 Å². The molecule has 1 aliphatic carbocycles. The zero-order valence-electron chi connectivity index (χ0n) is 13.9. The van der Waals surface area contributed by atoms with Crippen LogP contribution >= 0.6 is 0 Å². The van der Waals surface area contributed by atoms with Gasteiger partial charge in [0.25, 0.3) is 0 Å². The molecule has 2 aromatic carbocycles. The van der Waals surface area contributed by atoms with Crippen molar-refractivity contribution in [2.45, 2.75) is 37.5 Å². The normalized spacial score (nSPS) is 16.8. The highest BCUT2D eigenvalue weighted by Gasteiger charge is 2.33. The van der Waals surface area contributed by atoms with Gasteiger partial charge in [-0.2, -0.15) is 0 Å². The number of nitrogens with zero attached hydrogens (tertiary/aromatic N) is 2. The number of aromatic nitrogens is 2. The molecule has 0 unspecified atom stereocenters. The number of hydrogen-bond acceptors (Lipinski definition) is 3. The van der Waals surface area contributed by atoms with Gasteiger partial charge in [0.05, 0.1) is 5.52 Å². The van der Waals surface area contributed by atoms with Gasteiger partial charge in [0.2, 0.25) is 0 Å². The Kier molecular flexibility index (Phi) is 4.16. The lowest BCUT2D eigenvalue weighted by atomic mass is 9.69. The fourth-order valence-electron chi connectivity index (χ4n) is 3.99. The molecule has 0 spiro atoms. The smallest absolute Gasteiger partial charge is 0.137 e. The van der Waals surface area contributed by atoms with E-state index < -0.39 is 0 Å². The molecule has 1 fully saturated rings. The van der Waals surface area contributed by atoms with Crippen molar-refractivity contribution in [1.29, 1.82) is 0 Å². The van der Waals surface area contributed by atoms with Gasteiger partial charge in [-0.3, -0.25) is 0 Å². The molecule has 0 radical (unpaired) electrons. The van der Waals surface area contributed by atoms with Gasteiger partial charge < -0.3 is 5.32 Å². The molecular weight excluding hydrogens is 294 g/mol. The maximum Gasteiger partial charge on any atom is 0.137 e. The van der Waals surface area contributed by atoms with Crippen LogP contribution in [0.1, 0.15) is 37.7 Å². The Morgan fingerprint density at radius 2 is 1.58 bits per heavy atom. The Morgan fingerprint density at radius 3 is 2.42 bits per heavy atom. The minimum absolute atomic E-state index is 0.214. The minimum Gasteiger partial charge on any atom is -0.369 e. The molecule has 1 saturated carbocycles. The van der Waals surface area contributed by atoms with Gasteiger partial charge in [-0.1, -0.05) is 61.7 Å². The quantitative estimate of drug-likeness (QED) is 0.740. The molecule has 1 aromatic heterocycles. The lowest BCUT2D eigenvalue weighted by molar-refractivity contribution is 0.308. The van der Waals surface area contributed by atoms with Gasteiger partial charge in [-0.05, 0) is 30.5 Å². The standard InChI is InChI=1S/C21H23N3/c1-3-9-17(10-4-1)21(13-7-2-8-14-21)15-22-20-18-11-5-6-12-19(18)23-16-24-20/h1,3-6,9-12,16H,2,7-8,13-15H2,(H,22,23,24). The average Bonchev–Trinajstić information content (AvgIpc) is 2.68. The first-order valence-corrected chi connectivity index (χ1v) is 8.87. The fourth-order valence-corrected chi connectivity index (χ4v) is 3.99. The van der Waals surface area contributed by atoms with E-state index in [0.29, 0.717) is 0 Å². The molecule has 0 amide bonds. The molecule has 1 aliphatic rings. The summed E-state index contributed by atoms with van der Waals surface area (Å²) in [6, 6.07) is 19.2. The van der Waals surface area contributed by atoms with Gasteiger partial charge >= 0.3 is 0 Å². The maximum atomic E-state index is 4.49. The predicted molar refractivity (Wildman–Crippen MR) is 99.2 cm³/mol. The van der Waals surface area contributed by atoms with Crippen LogP contribution in [0.4, 0.5) is 5.82 Å². The summed E-state index contributed by atoms with van der Waals surface area (Å²) in [6.07, 6.45) is 8.11. The number of fused-ring (bicyclic) bond motifs is 1. The third-order valence-corrected chi connectivity index (χ3v) is 5.33. The van der Waals surface area contributed by atoms with Crippen molar-refractivity contribution in [3.8, 4) is 0 Å². The van der Waals surface area contributed by atoms with Gasteiger partial charge in [0, 0.05) is 17.3 Å². The largest absolute Gasteiger partial charge is 0.369 e. The number of benzene rings is 2. The van der Waals surface area contributed by atoms with Crippen molar-refractivity contribution in [2.24, 2.45) is 0 Å². The van der Waals surface area contributed by atoms with E-state index in [1.807, 2.05) is 18.2 Å². The van der Waals surface area contributed by atoms with Crippen molar-refractivity contribution in [2.75, 3.05) is 11.9 Å². The van der Waals surface area contributed by atoms with Crippen LogP contribution < -0.4 is 5.32 Å². The third kappa shape index (κ3) is 2.86. The first-order valence-electron chi connectivity index (χ1n) is 8.87. The van der Waals surface area contributed by atoms with Crippen molar-refractivity contribution >= 4 is 16.7 Å². The van der Waals surface area contributed by atoms with Crippen LogP contribution in [-0.2, 0) is 5.41 Å². The minimum atomic E-state index is 0.214.